The van der Waals surface area contributed by atoms with Gasteiger partial charge in [0.05, 0.1) is 10.9 Å². The molecule has 0 spiro atoms. The van der Waals surface area contributed by atoms with Crippen LogP contribution in [0.1, 0.15) is 22.7 Å². The molecule has 5 nitrogen and oxygen atoms in total. The number of benzene rings is 1. The van der Waals surface area contributed by atoms with E-state index in [0.29, 0.717) is 24.5 Å². The van der Waals surface area contributed by atoms with Crippen LogP contribution in [0.2, 0.25) is 0 Å². The van der Waals surface area contributed by atoms with Gasteiger partial charge in [-0.05, 0) is 48.7 Å². The van der Waals surface area contributed by atoms with E-state index >= 15 is 0 Å². The summed E-state index contributed by atoms with van der Waals surface area (Å²) >= 11 is 0. The van der Waals surface area contributed by atoms with Gasteiger partial charge in [0.15, 0.2) is 0 Å². The summed E-state index contributed by atoms with van der Waals surface area (Å²) in [6, 6.07) is 8.85. The zero-order valence-electron chi connectivity index (χ0n) is 13.8. The monoisotopic (exact) mass is 367 g/mol. The van der Waals surface area contributed by atoms with Gasteiger partial charge in [0, 0.05) is 32.0 Å². The van der Waals surface area contributed by atoms with E-state index in [0.717, 1.165) is 16.7 Å². The summed E-state index contributed by atoms with van der Waals surface area (Å²) in [6.45, 7) is 5.62. The van der Waals surface area contributed by atoms with E-state index in [2.05, 4.69) is 10.3 Å². The van der Waals surface area contributed by atoms with E-state index in [-0.39, 0.29) is 18.4 Å². The van der Waals surface area contributed by atoms with Crippen LogP contribution >= 0.6 is 12.4 Å². The Bertz CT molecular complexity index is 797. The summed E-state index contributed by atoms with van der Waals surface area (Å²) in [6.07, 6.45) is 3.43. The van der Waals surface area contributed by atoms with Crippen LogP contribution in [0, 0.1) is 13.8 Å². The molecule has 0 amide bonds. The molecule has 1 aliphatic heterocycles. The van der Waals surface area contributed by atoms with Gasteiger partial charge >= 0.3 is 0 Å². The van der Waals surface area contributed by atoms with Crippen molar-refractivity contribution in [1.29, 1.82) is 0 Å². The zero-order valence-corrected chi connectivity index (χ0v) is 15.4. The number of aromatic nitrogens is 1. The first-order valence-electron chi connectivity index (χ1n) is 7.70. The highest BCUT2D eigenvalue weighted by Gasteiger charge is 2.34. The highest BCUT2D eigenvalue weighted by atomic mass is 35.5. The maximum Gasteiger partial charge on any atom is 0.243 e. The topological polar surface area (TPSA) is 62.3 Å². The van der Waals surface area contributed by atoms with Gasteiger partial charge in [-0.2, -0.15) is 4.31 Å². The molecule has 2 heterocycles. The minimum absolute atomic E-state index is 0. The first-order chi connectivity index (χ1) is 11.0. The van der Waals surface area contributed by atoms with Gasteiger partial charge in [-0.3, -0.25) is 4.98 Å². The fourth-order valence-corrected chi connectivity index (χ4v) is 4.54. The molecule has 1 N–H and O–H groups in total. The molecule has 0 saturated carbocycles. The number of nitrogens with zero attached hydrogens (tertiary/aromatic N) is 2. The van der Waals surface area contributed by atoms with Crippen LogP contribution in [0.3, 0.4) is 0 Å². The lowest BCUT2D eigenvalue weighted by Crippen LogP contribution is -2.48. The van der Waals surface area contributed by atoms with Gasteiger partial charge in [0.2, 0.25) is 10.0 Å². The smallest absolute Gasteiger partial charge is 0.243 e. The Hall–Kier alpha value is -1.47. The Morgan fingerprint density at radius 3 is 2.67 bits per heavy atom. The van der Waals surface area contributed by atoms with Crippen LogP contribution < -0.4 is 5.32 Å². The number of halogens is 1. The number of aryl methyl sites for hydroxylation is 2. The van der Waals surface area contributed by atoms with Crippen molar-refractivity contribution < 1.29 is 8.42 Å². The van der Waals surface area contributed by atoms with E-state index < -0.39 is 10.0 Å². The van der Waals surface area contributed by atoms with E-state index in [1.54, 1.807) is 28.8 Å². The average molecular weight is 368 g/mol. The van der Waals surface area contributed by atoms with Gasteiger partial charge in [-0.15, -0.1) is 12.4 Å². The lowest BCUT2D eigenvalue weighted by molar-refractivity contribution is 0.271. The molecule has 1 aliphatic rings. The van der Waals surface area contributed by atoms with Crippen LogP contribution in [0.4, 0.5) is 0 Å². The molecule has 3 rings (SSSR count). The standard InChI is InChI=1S/C17H21N3O2S.ClH/c1-13-5-6-16(10-14(13)2)23(21,22)20-9-8-19-12-17(20)15-4-3-7-18-11-15;/h3-7,10-11,17,19H,8-9,12H2,1-2H3;1H. The number of sulfonamides is 1. The van der Waals surface area contributed by atoms with Crippen molar-refractivity contribution in [1.82, 2.24) is 14.6 Å². The van der Waals surface area contributed by atoms with Crippen molar-refractivity contribution in [2.24, 2.45) is 0 Å². The second-order valence-electron chi connectivity index (χ2n) is 5.87. The summed E-state index contributed by atoms with van der Waals surface area (Å²) in [5.74, 6) is 0. The number of pyridine rings is 1. The van der Waals surface area contributed by atoms with E-state index in [9.17, 15) is 8.42 Å². The Morgan fingerprint density at radius 2 is 2.00 bits per heavy atom. The van der Waals surface area contributed by atoms with E-state index in [1.807, 2.05) is 32.0 Å². The molecular weight excluding hydrogens is 346 g/mol. The zero-order chi connectivity index (χ0) is 16.4. The summed E-state index contributed by atoms with van der Waals surface area (Å²) in [5, 5.41) is 3.27. The largest absolute Gasteiger partial charge is 0.313 e. The summed E-state index contributed by atoms with van der Waals surface area (Å²) in [5.41, 5.74) is 2.99. The third-order valence-corrected chi connectivity index (χ3v) is 6.25. The number of rotatable bonds is 3. The molecule has 130 valence electrons. The normalized spacial score (nSPS) is 18.8. The van der Waals surface area contributed by atoms with Crippen LogP contribution in [0.5, 0.6) is 0 Å². The molecule has 0 radical (unpaired) electrons. The van der Waals surface area contributed by atoms with Crippen molar-refractivity contribution in [3.8, 4) is 0 Å². The minimum Gasteiger partial charge on any atom is -0.313 e. The summed E-state index contributed by atoms with van der Waals surface area (Å²) in [7, 11) is -3.53. The molecule has 24 heavy (non-hydrogen) atoms. The van der Waals surface area contributed by atoms with Crippen molar-refractivity contribution in [2.75, 3.05) is 19.6 Å². The van der Waals surface area contributed by atoms with Crippen molar-refractivity contribution in [3.63, 3.8) is 0 Å². The first-order valence-corrected chi connectivity index (χ1v) is 9.14. The van der Waals surface area contributed by atoms with E-state index in [1.165, 1.54) is 0 Å². The molecule has 1 atom stereocenters. The van der Waals surface area contributed by atoms with Gasteiger partial charge < -0.3 is 5.32 Å². The van der Waals surface area contributed by atoms with Crippen molar-refractivity contribution in [3.05, 3.63) is 59.4 Å². The maximum absolute atomic E-state index is 13.1. The van der Waals surface area contributed by atoms with Gasteiger partial charge in [0.1, 0.15) is 0 Å². The third-order valence-electron chi connectivity index (χ3n) is 4.35. The lowest BCUT2D eigenvalue weighted by atomic mass is 10.1. The quantitative estimate of drug-likeness (QED) is 0.905. The van der Waals surface area contributed by atoms with Gasteiger partial charge in [-0.25, -0.2) is 8.42 Å². The molecule has 1 aromatic carbocycles. The Kier molecular flexibility index (Phi) is 5.98. The summed E-state index contributed by atoms with van der Waals surface area (Å²) < 4.78 is 27.8. The van der Waals surface area contributed by atoms with Crippen LogP contribution in [0.25, 0.3) is 0 Å². The van der Waals surface area contributed by atoms with Gasteiger partial charge in [0.25, 0.3) is 0 Å². The second-order valence-corrected chi connectivity index (χ2v) is 7.76. The molecule has 0 bridgehead atoms. The molecule has 1 fully saturated rings. The highest BCUT2D eigenvalue weighted by Crippen LogP contribution is 2.29. The van der Waals surface area contributed by atoms with Crippen LogP contribution in [0.15, 0.2) is 47.6 Å². The predicted molar refractivity (Wildman–Crippen MR) is 96.9 cm³/mol. The minimum atomic E-state index is -3.53. The second kappa shape index (κ2) is 7.61. The molecule has 7 heteroatoms. The Balaban J connectivity index is 0.00000208. The van der Waals surface area contributed by atoms with Crippen molar-refractivity contribution >= 4 is 22.4 Å². The highest BCUT2D eigenvalue weighted by molar-refractivity contribution is 7.89. The SMILES string of the molecule is Cc1ccc(S(=O)(=O)N2CCNCC2c2cccnc2)cc1C.Cl. The van der Waals surface area contributed by atoms with Gasteiger partial charge in [-0.1, -0.05) is 12.1 Å². The molecule has 1 aromatic heterocycles. The Labute approximate surface area is 149 Å². The van der Waals surface area contributed by atoms with Crippen LogP contribution in [-0.4, -0.2) is 37.3 Å². The molecule has 1 unspecified atom stereocenters. The predicted octanol–water partition coefficient (Wildman–Crippen LogP) is 2.46. The number of piperazine rings is 1. The molecule has 2 aromatic rings. The van der Waals surface area contributed by atoms with Crippen LogP contribution in [-0.2, 0) is 10.0 Å². The third kappa shape index (κ3) is 3.62. The number of hydrogen-bond acceptors (Lipinski definition) is 4. The first kappa shape index (κ1) is 18.9. The molecular formula is C17H22ClN3O2S. The number of nitrogens with one attached hydrogen (secondary N) is 1. The molecule has 0 aliphatic carbocycles. The fourth-order valence-electron chi connectivity index (χ4n) is 2.84. The van der Waals surface area contributed by atoms with Crippen molar-refractivity contribution in [2.45, 2.75) is 24.8 Å². The maximum atomic E-state index is 13.1. The average Bonchev–Trinajstić information content (AvgIpc) is 2.58. The Morgan fingerprint density at radius 1 is 1.21 bits per heavy atom. The van der Waals surface area contributed by atoms with E-state index in [4.69, 9.17) is 0 Å². The lowest BCUT2D eigenvalue weighted by Gasteiger charge is -2.35. The molecule has 1 saturated heterocycles. The number of hydrogen-bond donors (Lipinski definition) is 1. The summed E-state index contributed by atoms with van der Waals surface area (Å²) in [4.78, 5) is 4.48. The fraction of sp³-hybridized carbons (Fsp3) is 0.353.